The van der Waals surface area contributed by atoms with Crippen LogP contribution < -0.4 is 5.32 Å². The molecule has 2 amide bonds. The van der Waals surface area contributed by atoms with Crippen LogP contribution in [0.1, 0.15) is 40.4 Å². The van der Waals surface area contributed by atoms with Gasteiger partial charge < -0.3 is 19.5 Å². The molecule has 192 valence electrons. The van der Waals surface area contributed by atoms with E-state index in [1.165, 1.54) is 18.2 Å². The van der Waals surface area contributed by atoms with Gasteiger partial charge in [-0.1, -0.05) is 12.1 Å². The van der Waals surface area contributed by atoms with Gasteiger partial charge >= 0.3 is 12.1 Å². The average Bonchev–Trinajstić information content (AvgIpc) is 3.24. The number of amides is 2. The summed E-state index contributed by atoms with van der Waals surface area (Å²) in [5.74, 6) is -2.85. The molecule has 0 radical (unpaired) electrons. The van der Waals surface area contributed by atoms with Crippen molar-refractivity contribution in [1.29, 1.82) is 0 Å². The molecule has 3 aromatic rings. The van der Waals surface area contributed by atoms with Crippen LogP contribution in [0.25, 0.3) is 11.0 Å². The van der Waals surface area contributed by atoms with Crippen molar-refractivity contribution in [2.45, 2.75) is 38.0 Å². The molecule has 11 heteroatoms. The Morgan fingerprint density at radius 1 is 1.17 bits per heavy atom. The highest BCUT2D eigenvalue weighted by atomic mass is 19.4. The zero-order valence-electron chi connectivity index (χ0n) is 19.6. The van der Waals surface area contributed by atoms with Crippen molar-refractivity contribution >= 4 is 22.8 Å². The summed E-state index contributed by atoms with van der Waals surface area (Å²) in [4.78, 5) is 30.5. The first-order valence-electron chi connectivity index (χ1n) is 11.5. The molecule has 0 aliphatic carbocycles. The second-order valence-corrected chi connectivity index (χ2v) is 8.68. The van der Waals surface area contributed by atoms with Crippen molar-refractivity contribution in [2.24, 2.45) is 0 Å². The molecule has 0 spiro atoms. The minimum absolute atomic E-state index is 0.147. The molecule has 7 nitrogen and oxygen atoms in total. The van der Waals surface area contributed by atoms with Crippen LogP contribution in [-0.2, 0) is 22.6 Å². The molecule has 1 N–H and O–H groups in total. The van der Waals surface area contributed by atoms with E-state index in [4.69, 9.17) is 4.74 Å². The Hall–Kier alpha value is -3.47. The van der Waals surface area contributed by atoms with Gasteiger partial charge in [-0.3, -0.25) is 14.6 Å². The largest absolute Gasteiger partial charge is 0.471 e. The molecule has 0 bridgehead atoms. The molecule has 3 heterocycles. The molecular weight excluding hydrogens is 480 g/mol. The topological polar surface area (TPSA) is 76.5 Å². The van der Waals surface area contributed by atoms with E-state index in [1.807, 2.05) is 16.7 Å². The standard InChI is InChI=1S/C25H26F4N4O3/c1-36-12-11-33-21-3-2-8-30-20(21)14-22(33)23(34)32-9-6-17(7-10-32)18-13-16(4-5-19(18)26)15-31-24(35)25(27,28)29/h2-5,8,13-14,17H,6-7,9-12,15H2,1H3,(H,31,35). The fourth-order valence-corrected chi connectivity index (χ4v) is 4.54. The Kier molecular flexibility index (Phi) is 7.58. The number of rotatable bonds is 7. The highest BCUT2D eigenvalue weighted by Gasteiger charge is 2.38. The number of piperidine rings is 1. The smallest absolute Gasteiger partial charge is 0.383 e. The normalized spacial score (nSPS) is 14.9. The molecule has 4 rings (SSSR count). The first-order chi connectivity index (χ1) is 17.2. The van der Waals surface area contributed by atoms with Crippen molar-refractivity contribution in [1.82, 2.24) is 19.8 Å². The Bertz CT molecular complexity index is 1250. The van der Waals surface area contributed by atoms with Crippen LogP contribution in [0, 0.1) is 5.82 Å². The van der Waals surface area contributed by atoms with E-state index in [2.05, 4.69) is 4.98 Å². The number of carbonyl (C=O) groups is 2. The lowest BCUT2D eigenvalue weighted by Gasteiger charge is -2.32. The Labute approximate surface area is 205 Å². The van der Waals surface area contributed by atoms with Gasteiger partial charge in [0.15, 0.2) is 0 Å². The Balaban J connectivity index is 1.45. The van der Waals surface area contributed by atoms with Crippen LogP contribution in [-0.4, -0.2) is 59.2 Å². The van der Waals surface area contributed by atoms with Gasteiger partial charge in [-0.25, -0.2) is 4.39 Å². The number of likely N-dealkylation sites (tertiary alicyclic amines) is 1. The maximum absolute atomic E-state index is 14.6. The predicted octanol–water partition coefficient (Wildman–Crippen LogP) is 4.02. The number of halogens is 4. The molecular formula is C25H26F4N4O3. The maximum Gasteiger partial charge on any atom is 0.471 e. The number of aromatic nitrogens is 2. The van der Waals surface area contributed by atoms with Gasteiger partial charge in [-0.15, -0.1) is 0 Å². The van der Waals surface area contributed by atoms with Crippen LogP contribution in [0.15, 0.2) is 42.6 Å². The molecule has 0 unspecified atom stereocenters. The number of fused-ring (bicyclic) bond motifs is 1. The average molecular weight is 507 g/mol. The number of ether oxygens (including phenoxy) is 1. The number of benzene rings is 1. The van der Waals surface area contributed by atoms with Crippen LogP contribution in [0.4, 0.5) is 17.6 Å². The maximum atomic E-state index is 14.6. The van der Waals surface area contributed by atoms with Crippen LogP contribution >= 0.6 is 0 Å². The molecule has 1 saturated heterocycles. The minimum atomic E-state index is -4.98. The summed E-state index contributed by atoms with van der Waals surface area (Å²) in [5.41, 5.74) is 2.80. The molecule has 0 atom stereocenters. The number of nitrogens with one attached hydrogen (secondary N) is 1. The van der Waals surface area contributed by atoms with E-state index in [-0.39, 0.29) is 18.4 Å². The first kappa shape index (κ1) is 25.6. The lowest BCUT2D eigenvalue weighted by atomic mass is 9.88. The van der Waals surface area contributed by atoms with Gasteiger partial charge in [0, 0.05) is 39.5 Å². The Morgan fingerprint density at radius 3 is 2.61 bits per heavy atom. The summed E-state index contributed by atoms with van der Waals surface area (Å²) < 4.78 is 59.0. The van der Waals surface area contributed by atoms with Gasteiger partial charge in [0.2, 0.25) is 0 Å². The van der Waals surface area contributed by atoms with Gasteiger partial charge in [0.25, 0.3) is 5.91 Å². The summed E-state index contributed by atoms with van der Waals surface area (Å²) in [6, 6.07) is 9.50. The van der Waals surface area contributed by atoms with E-state index in [0.29, 0.717) is 61.4 Å². The zero-order chi connectivity index (χ0) is 25.9. The fourth-order valence-electron chi connectivity index (χ4n) is 4.54. The molecule has 1 aliphatic rings. The monoisotopic (exact) mass is 506 g/mol. The highest BCUT2D eigenvalue weighted by molar-refractivity contribution is 5.98. The van der Waals surface area contributed by atoms with Crippen LogP contribution in [0.2, 0.25) is 0 Å². The third-order valence-electron chi connectivity index (χ3n) is 6.40. The van der Waals surface area contributed by atoms with Crippen molar-refractivity contribution in [3.8, 4) is 0 Å². The number of pyridine rings is 1. The van der Waals surface area contributed by atoms with Gasteiger partial charge in [0.05, 0.1) is 17.6 Å². The van der Waals surface area contributed by atoms with Crippen LogP contribution in [0.3, 0.4) is 0 Å². The number of hydrogen-bond donors (Lipinski definition) is 1. The van der Waals surface area contributed by atoms with Gasteiger partial charge in [0.1, 0.15) is 11.5 Å². The molecule has 1 aliphatic heterocycles. The summed E-state index contributed by atoms with van der Waals surface area (Å²) in [6.07, 6.45) is -2.32. The molecule has 0 saturated carbocycles. The predicted molar refractivity (Wildman–Crippen MR) is 124 cm³/mol. The SMILES string of the molecule is COCCn1c(C(=O)N2CCC(c3cc(CNC(=O)C(F)(F)F)ccc3F)CC2)cc2ncccc21. The number of carbonyl (C=O) groups excluding carboxylic acids is 2. The number of nitrogens with zero attached hydrogens (tertiary/aromatic N) is 3. The van der Waals surface area contributed by atoms with E-state index < -0.39 is 17.9 Å². The van der Waals surface area contributed by atoms with Gasteiger partial charge in [-0.2, -0.15) is 13.2 Å². The highest BCUT2D eigenvalue weighted by Crippen LogP contribution is 2.32. The first-order valence-corrected chi connectivity index (χ1v) is 11.5. The molecule has 36 heavy (non-hydrogen) atoms. The molecule has 1 aromatic carbocycles. The van der Waals surface area contributed by atoms with E-state index in [1.54, 1.807) is 29.6 Å². The van der Waals surface area contributed by atoms with E-state index in [9.17, 15) is 27.2 Å². The zero-order valence-corrected chi connectivity index (χ0v) is 19.6. The fraction of sp³-hybridized carbons (Fsp3) is 0.400. The number of methoxy groups -OCH3 is 1. The summed E-state index contributed by atoms with van der Waals surface area (Å²) in [5, 5.41) is 1.80. The van der Waals surface area contributed by atoms with Gasteiger partial charge in [-0.05, 0) is 54.2 Å². The van der Waals surface area contributed by atoms with E-state index in [0.717, 1.165) is 5.52 Å². The van der Waals surface area contributed by atoms with Crippen molar-refractivity contribution in [3.05, 3.63) is 65.2 Å². The molecule has 2 aromatic heterocycles. The lowest BCUT2D eigenvalue weighted by Crippen LogP contribution is -2.39. The minimum Gasteiger partial charge on any atom is -0.383 e. The number of alkyl halides is 3. The lowest BCUT2D eigenvalue weighted by molar-refractivity contribution is -0.173. The summed E-state index contributed by atoms with van der Waals surface area (Å²) >= 11 is 0. The molecule has 1 fully saturated rings. The van der Waals surface area contributed by atoms with Crippen molar-refractivity contribution in [3.63, 3.8) is 0 Å². The second-order valence-electron chi connectivity index (χ2n) is 8.68. The van der Waals surface area contributed by atoms with E-state index >= 15 is 0 Å². The van der Waals surface area contributed by atoms with Crippen LogP contribution in [0.5, 0.6) is 0 Å². The van der Waals surface area contributed by atoms with Crippen molar-refractivity contribution in [2.75, 3.05) is 26.8 Å². The number of hydrogen-bond acceptors (Lipinski definition) is 4. The quantitative estimate of drug-likeness (QED) is 0.492. The summed E-state index contributed by atoms with van der Waals surface area (Å²) in [6.45, 7) is 1.36. The third-order valence-corrected chi connectivity index (χ3v) is 6.40. The summed E-state index contributed by atoms with van der Waals surface area (Å²) in [7, 11) is 1.59. The second kappa shape index (κ2) is 10.7. The Morgan fingerprint density at radius 2 is 1.92 bits per heavy atom. The van der Waals surface area contributed by atoms with Crippen molar-refractivity contribution < 1.29 is 31.9 Å². The third kappa shape index (κ3) is 5.51.